The number of aryl methyl sites for hydroxylation is 2. The van der Waals surface area contributed by atoms with Crippen molar-refractivity contribution in [1.82, 2.24) is 4.98 Å². The van der Waals surface area contributed by atoms with Gasteiger partial charge in [-0.15, -0.1) is 0 Å². The van der Waals surface area contributed by atoms with E-state index in [-0.39, 0.29) is 5.84 Å². The molecule has 3 N–H and O–H groups in total. The molecule has 0 aliphatic carbocycles. The van der Waals surface area contributed by atoms with Gasteiger partial charge in [-0.3, -0.25) is 5.41 Å². The van der Waals surface area contributed by atoms with Gasteiger partial charge in [0, 0.05) is 11.6 Å². The Morgan fingerprint density at radius 1 is 1.24 bits per heavy atom. The van der Waals surface area contributed by atoms with Crippen LogP contribution in [0.4, 0.5) is 0 Å². The van der Waals surface area contributed by atoms with E-state index in [9.17, 15) is 0 Å². The Morgan fingerprint density at radius 3 is 2.48 bits per heavy atom. The Balaban J connectivity index is 2.18. The number of pyridine rings is 1. The summed E-state index contributed by atoms with van der Waals surface area (Å²) in [6.07, 6.45) is 0. The van der Waals surface area contributed by atoms with Gasteiger partial charge in [0.2, 0.25) is 5.88 Å². The van der Waals surface area contributed by atoms with Gasteiger partial charge in [-0.1, -0.05) is 6.07 Å². The number of aromatic nitrogens is 1. The molecule has 5 heteroatoms. The van der Waals surface area contributed by atoms with Crippen LogP contribution in [0.1, 0.15) is 22.4 Å². The quantitative estimate of drug-likeness (QED) is 0.653. The van der Waals surface area contributed by atoms with Gasteiger partial charge in [0.1, 0.15) is 18.2 Å². The fraction of sp³-hybridized carbons (Fsp3) is 0.250. The third-order valence-electron chi connectivity index (χ3n) is 3.13. The van der Waals surface area contributed by atoms with Crippen LogP contribution in [0, 0.1) is 19.3 Å². The highest BCUT2D eigenvalue weighted by Gasteiger charge is 2.09. The molecule has 0 amide bonds. The predicted octanol–water partition coefficient (Wildman–Crippen LogP) is 2.57. The standard InChI is InChI=1S/C16H19N3O2/c1-10-7-12(16(17)18)8-11(2)15(10)21-9-13-5-4-6-14(19-13)20-3/h4-8H,9H2,1-3H3,(H3,17,18). The average Bonchev–Trinajstić information content (AvgIpc) is 2.46. The minimum Gasteiger partial charge on any atom is -0.487 e. The molecule has 0 fully saturated rings. The molecule has 2 aromatic rings. The number of nitrogen functional groups attached to an aromatic ring is 1. The molecule has 0 saturated carbocycles. The van der Waals surface area contributed by atoms with Crippen LogP contribution in [0.5, 0.6) is 11.6 Å². The molecule has 2 rings (SSSR count). The van der Waals surface area contributed by atoms with Crippen molar-refractivity contribution in [2.24, 2.45) is 5.73 Å². The highest BCUT2D eigenvalue weighted by molar-refractivity contribution is 5.95. The lowest BCUT2D eigenvalue weighted by atomic mass is 10.1. The van der Waals surface area contributed by atoms with Gasteiger partial charge >= 0.3 is 0 Å². The van der Waals surface area contributed by atoms with E-state index < -0.39 is 0 Å². The maximum absolute atomic E-state index is 7.49. The van der Waals surface area contributed by atoms with Crippen LogP contribution in [-0.4, -0.2) is 17.9 Å². The largest absolute Gasteiger partial charge is 0.487 e. The molecule has 1 aromatic heterocycles. The second kappa shape index (κ2) is 6.26. The van der Waals surface area contributed by atoms with Crippen molar-refractivity contribution in [1.29, 1.82) is 5.41 Å². The topological polar surface area (TPSA) is 81.2 Å². The van der Waals surface area contributed by atoms with E-state index in [4.69, 9.17) is 20.6 Å². The summed E-state index contributed by atoms with van der Waals surface area (Å²) >= 11 is 0. The Hall–Kier alpha value is -2.56. The summed E-state index contributed by atoms with van der Waals surface area (Å²) in [6.45, 7) is 4.24. The van der Waals surface area contributed by atoms with Gasteiger partial charge in [0.15, 0.2) is 0 Å². The molecule has 0 radical (unpaired) electrons. The van der Waals surface area contributed by atoms with E-state index in [0.717, 1.165) is 22.6 Å². The number of rotatable bonds is 5. The number of ether oxygens (including phenoxy) is 2. The van der Waals surface area contributed by atoms with Crippen molar-refractivity contribution in [2.45, 2.75) is 20.5 Å². The van der Waals surface area contributed by atoms with E-state index in [0.29, 0.717) is 18.1 Å². The number of nitrogens with two attached hydrogens (primary N) is 1. The van der Waals surface area contributed by atoms with Crippen molar-refractivity contribution in [3.05, 3.63) is 52.7 Å². The Kier molecular flexibility index (Phi) is 4.42. The van der Waals surface area contributed by atoms with Crippen LogP contribution in [0.3, 0.4) is 0 Å². The van der Waals surface area contributed by atoms with E-state index in [1.54, 1.807) is 13.2 Å². The van der Waals surface area contributed by atoms with Crippen LogP contribution >= 0.6 is 0 Å². The number of nitrogens with one attached hydrogen (secondary N) is 1. The molecular weight excluding hydrogens is 266 g/mol. The Bertz CT molecular complexity index is 645. The second-order valence-corrected chi connectivity index (χ2v) is 4.81. The lowest BCUT2D eigenvalue weighted by molar-refractivity contribution is 0.294. The number of hydrogen-bond donors (Lipinski definition) is 2. The first kappa shape index (κ1) is 14.8. The highest BCUT2D eigenvalue weighted by atomic mass is 16.5. The van der Waals surface area contributed by atoms with Crippen LogP contribution in [0.15, 0.2) is 30.3 Å². The summed E-state index contributed by atoms with van der Waals surface area (Å²) in [7, 11) is 1.59. The third kappa shape index (κ3) is 3.51. The fourth-order valence-corrected chi connectivity index (χ4v) is 2.13. The van der Waals surface area contributed by atoms with Gasteiger partial charge < -0.3 is 15.2 Å². The highest BCUT2D eigenvalue weighted by Crippen LogP contribution is 2.25. The molecule has 1 aromatic carbocycles. The Morgan fingerprint density at radius 2 is 1.90 bits per heavy atom. The van der Waals surface area contributed by atoms with Gasteiger partial charge in [-0.25, -0.2) is 4.98 Å². The molecule has 21 heavy (non-hydrogen) atoms. The SMILES string of the molecule is COc1cccc(COc2c(C)cc(C(=N)N)cc2C)n1. The number of nitrogens with zero attached hydrogens (tertiary/aromatic N) is 1. The molecule has 0 bridgehead atoms. The average molecular weight is 285 g/mol. The second-order valence-electron chi connectivity index (χ2n) is 4.81. The third-order valence-corrected chi connectivity index (χ3v) is 3.13. The zero-order valence-corrected chi connectivity index (χ0v) is 12.4. The summed E-state index contributed by atoms with van der Waals surface area (Å²) in [6, 6.07) is 9.26. The molecule has 5 nitrogen and oxygen atoms in total. The van der Waals surface area contributed by atoms with Crippen molar-refractivity contribution in [2.75, 3.05) is 7.11 Å². The lowest BCUT2D eigenvalue weighted by Gasteiger charge is -2.13. The van der Waals surface area contributed by atoms with Crippen molar-refractivity contribution in [3.63, 3.8) is 0 Å². The monoisotopic (exact) mass is 285 g/mol. The molecule has 110 valence electrons. The zero-order valence-electron chi connectivity index (χ0n) is 12.4. The number of amidine groups is 1. The van der Waals surface area contributed by atoms with E-state index >= 15 is 0 Å². The number of hydrogen-bond acceptors (Lipinski definition) is 4. The van der Waals surface area contributed by atoms with Crippen molar-refractivity contribution < 1.29 is 9.47 Å². The molecule has 0 unspecified atom stereocenters. The van der Waals surface area contributed by atoms with Crippen LogP contribution in [-0.2, 0) is 6.61 Å². The maximum Gasteiger partial charge on any atom is 0.213 e. The van der Waals surface area contributed by atoms with E-state index in [2.05, 4.69) is 4.98 Å². The first-order valence-electron chi connectivity index (χ1n) is 6.59. The van der Waals surface area contributed by atoms with Crippen molar-refractivity contribution in [3.8, 4) is 11.6 Å². The minimum absolute atomic E-state index is 0.0576. The molecule has 0 aliphatic rings. The smallest absolute Gasteiger partial charge is 0.213 e. The molecule has 0 aliphatic heterocycles. The first-order chi connectivity index (χ1) is 10.0. The van der Waals surface area contributed by atoms with Gasteiger partial charge in [0.05, 0.1) is 12.8 Å². The summed E-state index contributed by atoms with van der Waals surface area (Å²) in [4.78, 5) is 4.31. The summed E-state index contributed by atoms with van der Waals surface area (Å²) in [5.41, 5.74) is 8.91. The summed E-state index contributed by atoms with van der Waals surface area (Å²) < 4.78 is 11.0. The molecular formula is C16H19N3O2. The normalized spacial score (nSPS) is 10.2. The van der Waals surface area contributed by atoms with Crippen LogP contribution in [0.25, 0.3) is 0 Å². The predicted molar refractivity (Wildman–Crippen MR) is 82.1 cm³/mol. The summed E-state index contributed by atoms with van der Waals surface area (Å²) in [5.74, 6) is 1.42. The van der Waals surface area contributed by atoms with E-state index in [1.807, 2.05) is 38.1 Å². The van der Waals surface area contributed by atoms with Crippen LogP contribution < -0.4 is 15.2 Å². The Labute approximate surface area is 124 Å². The first-order valence-corrected chi connectivity index (χ1v) is 6.59. The lowest BCUT2D eigenvalue weighted by Crippen LogP contribution is -2.12. The maximum atomic E-state index is 7.49. The minimum atomic E-state index is 0.0576. The van der Waals surface area contributed by atoms with Gasteiger partial charge in [-0.05, 0) is 43.2 Å². The molecule has 0 atom stereocenters. The fourth-order valence-electron chi connectivity index (χ4n) is 2.13. The van der Waals surface area contributed by atoms with Gasteiger partial charge in [0.25, 0.3) is 0 Å². The van der Waals surface area contributed by atoms with Crippen LogP contribution in [0.2, 0.25) is 0 Å². The summed E-state index contributed by atoms with van der Waals surface area (Å²) in [5, 5.41) is 7.49. The molecule has 0 spiro atoms. The molecule has 0 saturated heterocycles. The number of benzene rings is 1. The molecule has 1 heterocycles. The van der Waals surface area contributed by atoms with Crippen molar-refractivity contribution >= 4 is 5.84 Å². The van der Waals surface area contributed by atoms with E-state index in [1.165, 1.54) is 0 Å². The number of methoxy groups -OCH3 is 1. The zero-order chi connectivity index (χ0) is 15.4. The van der Waals surface area contributed by atoms with Gasteiger partial charge in [-0.2, -0.15) is 0 Å².